The van der Waals surface area contributed by atoms with Gasteiger partial charge in [-0.3, -0.25) is 4.79 Å². The lowest BCUT2D eigenvalue weighted by atomic mass is 10.2. The molecular formula is C17H15BrN2O2S. The molecule has 0 unspecified atom stereocenters. The van der Waals surface area contributed by atoms with Crippen LogP contribution in [0.15, 0.2) is 51.9 Å². The molecule has 0 saturated carbocycles. The zero-order valence-corrected chi connectivity index (χ0v) is 15.1. The number of amides is 1. The van der Waals surface area contributed by atoms with Gasteiger partial charge in [0.15, 0.2) is 4.80 Å². The second kappa shape index (κ2) is 6.68. The fourth-order valence-electron chi connectivity index (χ4n) is 2.41. The van der Waals surface area contributed by atoms with E-state index in [2.05, 4.69) is 20.9 Å². The molecule has 0 fully saturated rings. The maximum atomic E-state index is 12.4. The minimum Gasteiger partial charge on any atom is -0.495 e. The van der Waals surface area contributed by atoms with Crippen molar-refractivity contribution in [3.05, 3.63) is 57.3 Å². The van der Waals surface area contributed by atoms with Gasteiger partial charge in [-0.1, -0.05) is 39.4 Å². The summed E-state index contributed by atoms with van der Waals surface area (Å²) in [6, 6.07) is 13.1. The highest BCUT2D eigenvalue weighted by atomic mass is 79.9. The minimum atomic E-state index is -0.251. The number of hydrogen-bond acceptors (Lipinski definition) is 3. The zero-order valence-electron chi connectivity index (χ0n) is 12.7. The standard InChI is InChI=1S/C17H15BrN2O2S/c1-3-20-15-13(22-2)8-5-9-14(15)23-17(20)19-16(21)11-6-4-7-12(18)10-11/h4-10H,3H2,1-2H3. The fourth-order valence-corrected chi connectivity index (χ4v) is 3.92. The monoisotopic (exact) mass is 390 g/mol. The second-order valence-corrected chi connectivity index (χ2v) is 6.79. The Morgan fingerprint density at radius 2 is 2.09 bits per heavy atom. The van der Waals surface area contributed by atoms with Crippen LogP contribution in [0, 0.1) is 0 Å². The highest BCUT2D eigenvalue weighted by Crippen LogP contribution is 2.27. The van der Waals surface area contributed by atoms with E-state index in [4.69, 9.17) is 4.74 Å². The highest BCUT2D eigenvalue weighted by molar-refractivity contribution is 9.10. The lowest BCUT2D eigenvalue weighted by molar-refractivity contribution is 0.0998. The average Bonchev–Trinajstić information content (AvgIpc) is 2.91. The number of carbonyl (C=O) groups excluding carboxylic acids is 1. The Balaban J connectivity index is 2.18. The van der Waals surface area contributed by atoms with Crippen LogP contribution in [0.3, 0.4) is 0 Å². The third-order valence-corrected chi connectivity index (χ3v) is 5.01. The molecule has 0 radical (unpaired) electrons. The van der Waals surface area contributed by atoms with Gasteiger partial charge in [0.1, 0.15) is 11.3 Å². The Bertz CT molecular complexity index is 943. The predicted octanol–water partition coefficient (Wildman–Crippen LogP) is 4.23. The fraction of sp³-hybridized carbons (Fsp3) is 0.176. The summed E-state index contributed by atoms with van der Waals surface area (Å²) in [7, 11) is 1.65. The van der Waals surface area contributed by atoms with Crippen LogP contribution in [0.25, 0.3) is 10.2 Å². The normalized spacial score (nSPS) is 11.9. The van der Waals surface area contributed by atoms with Crippen molar-refractivity contribution in [2.45, 2.75) is 13.5 Å². The molecule has 1 amide bonds. The smallest absolute Gasteiger partial charge is 0.279 e. The topological polar surface area (TPSA) is 43.6 Å². The van der Waals surface area contributed by atoms with Crippen molar-refractivity contribution in [3.63, 3.8) is 0 Å². The molecule has 1 aromatic heterocycles. The van der Waals surface area contributed by atoms with E-state index >= 15 is 0 Å². The summed E-state index contributed by atoms with van der Waals surface area (Å²) in [6.45, 7) is 2.74. The molecule has 118 valence electrons. The van der Waals surface area contributed by atoms with Crippen molar-refractivity contribution in [3.8, 4) is 5.75 Å². The van der Waals surface area contributed by atoms with E-state index in [1.807, 2.05) is 41.8 Å². The Morgan fingerprint density at radius 1 is 1.30 bits per heavy atom. The molecule has 4 nitrogen and oxygen atoms in total. The van der Waals surface area contributed by atoms with Gasteiger partial charge in [0, 0.05) is 16.6 Å². The Kier molecular flexibility index (Phi) is 4.63. The summed E-state index contributed by atoms with van der Waals surface area (Å²) < 4.78 is 9.36. The summed E-state index contributed by atoms with van der Waals surface area (Å²) in [4.78, 5) is 17.4. The molecule has 0 spiro atoms. The first-order valence-corrected chi connectivity index (χ1v) is 8.76. The number of rotatable bonds is 3. The van der Waals surface area contributed by atoms with Gasteiger partial charge in [-0.25, -0.2) is 0 Å². The Labute approximate surface area is 146 Å². The van der Waals surface area contributed by atoms with E-state index in [-0.39, 0.29) is 5.91 Å². The molecule has 0 bridgehead atoms. The number of methoxy groups -OCH3 is 1. The molecule has 0 N–H and O–H groups in total. The number of aryl methyl sites for hydroxylation is 1. The summed E-state index contributed by atoms with van der Waals surface area (Å²) in [6.07, 6.45) is 0. The van der Waals surface area contributed by atoms with Gasteiger partial charge in [-0.2, -0.15) is 4.99 Å². The molecule has 2 aromatic carbocycles. The number of hydrogen-bond donors (Lipinski definition) is 0. The predicted molar refractivity (Wildman–Crippen MR) is 96.1 cm³/mol. The van der Waals surface area contributed by atoms with Crippen LogP contribution in [0.1, 0.15) is 17.3 Å². The Hall–Kier alpha value is -1.92. The number of nitrogens with zero attached hydrogens (tertiary/aromatic N) is 2. The van der Waals surface area contributed by atoms with Crippen molar-refractivity contribution in [1.29, 1.82) is 0 Å². The van der Waals surface area contributed by atoms with Crippen LogP contribution in [0.5, 0.6) is 5.75 Å². The van der Waals surface area contributed by atoms with Crippen LogP contribution in [0.4, 0.5) is 0 Å². The maximum absolute atomic E-state index is 12.4. The van der Waals surface area contributed by atoms with E-state index in [0.29, 0.717) is 16.9 Å². The number of benzene rings is 2. The molecule has 0 atom stereocenters. The summed E-state index contributed by atoms with van der Waals surface area (Å²) >= 11 is 4.87. The second-order valence-electron chi connectivity index (χ2n) is 4.86. The van der Waals surface area contributed by atoms with Crippen LogP contribution in [-0.2, 0) is 6.54 Å². The zero-order chi connectivity index (χ0) is 16.4. The molecule has 23 heavy (non-hydrogen) atoms. The molecule has 0 aliphatic heterocycles. The average molecular weight is 391 g/mol. The van der Waals surface area contributed by atoms with Crippen molar-refractivity contribution >= 4 is 43.4 Å². The van der Waals surface area contributed by atoms with Crippen molar-refractivity contribution < 1.29 is 9.53 Å². The first-order valence-electron chi connectivity index (χ1n) is 7.15. The van der Waals surface area contributed by atoms with Gasteiger partial charge < -0.3 is 9.30 Å². The number of carbonyl (C=O) groups is 1. The molecule has 0 saturated heterocycles. The first kappa shape index (κ1) is 16.0. The van der Waals surface area contributed by atoms with E-state index in [0.717, 1.165) is 20.4 Å². The van der Waals surface area contributed by atoms with Crippen molar-refractivity contribution in [1.82, 2.24) is 4.57 Å². The number of aromatic nitrogens is 1. The van der Waals surface area contributed by atoms with Crippen molar-refractivity contribution in [2.75, 3.05) is 7.11 Å². The SMILES string of the molecule is CCn1c(=NC(=O)c2cccc(Br)c2)sc2cccc(OC)c21. The van der Waals surface area contributed by atoms with Gasteiger partial charge in [0.05, 0.1) is 11.8 Å². The van der Waals surface area contributed by atoms with E-state index in [1.165, 1.54) is 11.3 Å². The van der Waals surface area contributed by atoms with Gasteiger partial charge in [0.2, 0.25) is 0 Å². The molecule has 3 aromatic rings. The quantitative estimate of drug-likeness (QED) is 0.671. The lowest BCUT2D eigenvalue weighted by Gasteiger charge is -2.05. The number of thiazole rings is 1. The van der Waals surface area contributed by atoms with E-state index < -0.39 is 0 Å². The molecule has 0 aliphatic carbocycles. The number of ether oxygens (including phenoxy) is 1. The number of para-hydroxylation sites is 1. The lowest BCUT2D eigenvalue weighted by Crippen LogP contribution is -2.16. The van der Waals surface area contributed by atoms with E-state index in [9.17, 15) is 4.79 Å². The summed E-state index contributed by atoms with van der Waals surface area (Å²) in [5.74, 6) is 0.538. The van der Waals surface area contributed by atoms with Crippen LogP contribution >= 0.6 is 27.3 Å². The highest BCUT2D eigenvalue weighted by Gasteiger charge is 2.12. The van der Waals surface area contributed by atoms with Gasteiger partial charge in [0.25, 0.3) is 5.91 Å². The summed E-state index contributed by atoms with van der Waals surface area (Å²) in [5, 5.41) is 0. The van der Waals surface area contributed by atoms with Crippen molar-refractivity contribution in [2.24, 2.45) is 4.99 Å². The number of halogens is 1. The third-order valence-electron chi connectivity index (χ3n) is 3.47. The van der Waals surface area contributed by atoms with Gasteiger partial charge in [-0.15, -0.1) is 0 Å². The van der Waals surface area contributed by atoms with Crippen LogP contribution < -0.4 is 9.54 Å². The molecule has 3 rings (SSSR count). The molecule has 6 heteroatoms. The largest absolute Gasteiger partial charge is 0.495 e. The third kappa shape index (κ3) is 3.09. The molecular weight excluding hydrogens is 376 g/mol. The first-order chi connectivity index (χ1) is 11.1. The number of fused-ring (bicyclic) bond motifs is 1. The molecule has 0 aliphatic rings. The Morgan fingerprint density at radius 3 is 2.78 bits per heavy atom. The minimum absolute atomic E-state index is 0.251. The van der Waals surface area contributed by atoms with Crippen LogP contribution in [-0.4, -0.2) is 17.6 Å². The summed E-state index contributed by atoms with van der Waals surface area (Å²) in [5.41, 5.74) is 1.54. The van der Waals surface area contributed by atoms with Crippen LogP contribution in [0.2, 0.25) is 0 Å². The van der Waals surface area contributed by atoms with Gasteiger partial charge >= 0.3 is 0 Å². The van der Waals surface area contributed by atoms with Gasteiger partial charge in [-0.05, 0) is 37.3 Å². The maximum Gasteiger partial charge on any atom is 0.279 e. The van der Waals surface area contributed by atoms with E-state index in [1.54, 1.807) is 19.2 Å². The molecule has 1 heterocycles.